The number of hydrogen-bond donors (Lipinski definition) is 0. The van der Waals surface area contributed by atoms with Crippen LogP contribution in [0.4, 0.5) is 18.9 Å². The van der Waals surface area contributed by atoms with Crippen molar-refractivity contribution < 1.29 is 22.9 Å². The van der Waals surface area contributed by atoms with Crippen molar-refractivity contribution in [1.82, 2.24) is 24.5 Å². The van der Waals surface area contributed by atoms with Gasteiger partial charge in [-0.1, -0.05) is 0 Å². The number of hydrogen-bond acceptors (Lipinski definition) is 5. The van der Waals surface area contributed by atoms with Gasteiger partial charge in [-0.05, 0) is 19.9 Å². The molecule has 0 N–H and O–H groups in total. The van der Waals surface area contributed by atoms with E-state index in [1.807, 2.05) is 6.92 Å². The molecule has 2 aromatic heterocycles. The molecule has 1 amide bonds. The smallest absolute Gasteiger partial charge is 0.338 e. The van der Waals surface area contributed by atoms with Crippen LogP contribution < -0.4 is 0 Å². The second-order valence-corrected chi connectivity index (χ2v) is 5.58. The van der Waals surface area contributed by atoms with Gasteiger partial charge in [-0.2, -0.15) is 23.4 Å². The predicted molar refractivity (Wildman–Crippen MR) is 83.0 cm³/mol. The first-order chi connectivity index (χ1) is 12.1. The molecule has 2 aromatic rings. The summed E-state index contributed by atoms with van der Waals surface area (Å²) in [6, 6.07) is 1.72. The summed E-state index contributed by atoms with van der Waals surface area (Å²) < 4.78 is 41.2. The Hall–Kier alpha value is -2.92. The number of rotatable bonds is 6. The average Bonchev–Trinajstić information content (AvgIpc) is 3.11. The number of nitro groups is 1. The number of nitrogens with zero attached hydrogens (tertiary/aromatic N) is 6. The Morgan fingerprint density at radius 3 is 2.54 bits per heavy atom. The second-order valence-electron chi connectivity index (χ2n) is 5.58. The van der Waals surface area contributed by atoms with Crippen LogP contribution in [0.3, 0.4) is 0 Å². The summed E-state index contributed by atoms with van der Waals surface area (Å²) in [4.78, 5) is 23.4. The van der Waals surface area contributed by atoms with Gasteiger partial charge in [-0.25, -0.2) is 0 Å². The van der Waals surface area contributed by atoms with Crippen LogP contribution in [0.2, 0.25) is 0 Å². The highest BCUT2D eigenvalue weighted by Gasteiger charge is 2.44. The predicted octanol–water partition coefficient (Wildman–Crippen LogP) is 1.99. The van der Waals surface area contributed by atoms with Crippen LogP contribution in [0.25, 0.3) is 0 Å². The third-order valence-corrected chi connectivity index (χ3v) is 3.84. The molecular weight excluding hydrogens is 357 g/mol. The summed E-state index contributed by atoms with van der Waals surface area (Å²) in [6.07, 6.45) is -3.41. The Morgan fingerprint density at radius 2 is 2.04 bits per heavy atom. The molecule has 9 nitrogen and oxygen atoms in total. The van der Waals surface area contributed by atoms with E-state index < -0.39 is 34.9 Å². The Labute approximate surface area is 146 Å². The van der Waals surface area contributed by atoms with E-state index in [0.717, 1.165) is 12.6 Å². The van der Waals surface area contributed by atoms with Gasteiger partial charge < -0.3 is 4.90 Å². The quantitative estimate of drug-likeness (QED) is 0.569. The molecular formula is C14H17F3N6O3. The highest BCUT2D eigenvalue weighted by atomic mass is 19.4. The van der Waals surface area contributed by atoms with Gasteiger partial charge in [-0.15, -0.1) is 0 Å². The molecule has 0 saturated heterocycles. The SMILES string of the molecule is CCn1nccc1CN(C)C(=O)Cn1nc(C(F)(F)F)c([N+](=O)[O-])c1C. The molecule has 2 heterocycles. The standard InChI is InChI=1S/C14H17F3N6O3/c1-4-21-10(5-6-18-21)7-20(3)11(24)8-22-9(2)12(23(25)26)13(19-22)14(15,16)17/h5-6H,4,7-8H2,1-3H3. The minimum atomic E-state index is -4.99. The maximum atomic E-state index is 12.9. The van der Waals surface area contributed by atoms with Crippen LogP contribution in [-0.4, -0.2) is 42.3 Å². The molecule has 142 valence electrons. The molecule has 26 heavy (non-hydrogen) atoms. The third-order valence-electron chi connectivity index (χ3n) is 3.84. The van der Waals surface area contributed by atoms with Gasteiger partial charge in [0.15, 0.2) is 0 Å². The van der Waals surface area contributed by atoms with Gasteiger partial charge >= 0.3 is 11.9 Å². The molecule has 0 spiro atoms. The van der Waals surface area contributed by atoms with Crippen molar-refractivity contribution in [2.75, 3.05) is 7.05 Å². The van der Waals surface area contributed by atoms with E-state index in [1.165, 1.54) is 11.9 Å². The number of halogens is 3. The molecule has 0 aliphatic heterocycles. The van der Waals surface area contributed by atoms with Crippen molar-refractivity contribution in [3.8, 4) is 0 Å². The first-order valence-corrected chi connectivity index (χ1v) is 7.59. The highest BCUT2D eigenvalue weighted by molar-refractivity contribution is 5.75. The number of amides is 1. The van der Waals surface area contributed by atoms with E-state index in [4.69, 9.17) is 0 Å². The molecule has 0 aromatic carbocycles. The average molecular weight is 374 g/mol. The molecule has 0 radical (unpaired) electrons. The number of aromatic nitrogens is 4. The third kappa shape index (κ3) is 3.83. The molecule has 12 heteroatoms. The molecule has 0 aliphatic rings. The lowest BCUT2D eigenvalue weighted by atomic mass is 10.3. The Balaban J connectivity index is 2.22. The van der Waals surface area contributed by atoms with Gasteiger partial charge in [0, 0.05) is 19.8 Å². The molecule has 0 unspecified atom stereocenters. The first-order valence-electron chi connectivity index (χ1n) is 7.59. The van der Waals surface area contributed by atoms with Crippen LogP contribution in [0.15, 0.2) is 12.3 Å². The first kappa shape index (κ1) is 19.4. The number of likely N-dealkylation sites (N-methyl/N-ethyl adjacent to an activating group) is 1. The van der Waals surface area contributed by atoms with E-state index in [2.05, 4.69) is 10.2 Å². The molecule has 0 atom stereocenters. The maximum absolute atomic E-state index is 12.9. The van der Waals surface area contributed by atoms with Crippen molar-refractivity contribution in [2.45, 2.75) is 39.7 Å². The molecule has 0 fully saturated rings. The summed E-state index contributed by atoms with van der Waals surface area (Å²) in [7, 11) is 1.48. The van der Waals surface area contributed by atoms with Gasteiger partial charge in [0.2, 0.25) is 11.6 Å². The van der Waals surface area contributed by atoms with Gasteiger partial charge in [0.25, 0.3) is 0 Å². The van der Waals surface area contributed by atoms with E-state index >= 15 is 0 Å². The van der Waals surface area contributed by atoms with Crippen molar-refractivity contribution in [3.05, 3.63) is 39.5 Å². The van der Waals surface area contributed by atoms with E-state index in [1.54, 1.807) is 16.9 Å². The van der Waals surface area contributed by atoms with Crippen molar-refractivity contribution >= 4 is 11.6 Å². The van der Waals surface area contributed by atoms with Gasteiger partial charge in [-0.3, -0.25) is 24.3 Å². The van der Waals surface area contributed by atoms with E-state index in [0.29, 0.717) is 11.2 Å². The second kappa shape index (κ2) is 7.14. The van der Waals surface area contributed by atoms with Gasteiger partial charge in [0.05, 0.1) is 17.2 Å². The molecule has 0 saturated carbocycles. The zero-order valence-corrected chi connectivity index (χ0v) is 14.3. The number of carbonyl (C=O) groups is 1. The molecule has 0 aliphatic carbocycles. The fourth-order valence-corrected chi connectivity index (χ4v) is 2.46. The zero-order chi connectivity index (χ0) is 19.6. The summed E-state index contributed by atoms with van der Waals surface area (Å²) >= 11 is 0. The Morgan fingerprint density at radius 1 is 1.38 bits per heavy atom. The highest BCUT2D eigenvalue weighted by Crippen LogP contribution is 2.36. The Bertz CT molecular complexity index is 826. The monoisotopic (exact) mass is 374 g/mol. The number of aryl methyl sites for hydroxylation is 1. The van der Waals surface area contributed by atoms with Crippen LogP contribution in [0.5, 0.6) is 0 Å². The van der Waals surface area contributed by atoms with Gasteiger partial charge in [0.1, 0.15) is 12.2 Å². The summed E-state index contributed by atoms with van der Waals surface area (Å²) in [6.45, 7) is 3.26. The summed E-state index contributed by atoms with van der Waals surface area (Å²) in [5.74, 6) is -0.539. The van der Waals surface area contributed by atoms with Crippen molar-refractivity contribution in [2.24, 2.45) is 0 Å². The summed E-state index contributed by atoms with van der Waals surface area (Å²) in [5.41, 5.74) is -2.33. The van der Waals surface area contributed by atoms with E-state index in [-0.39, 0.29) is 12.2 Å². The minimum Gasteiger partial charge on any atom is -0.338 e. The fourth-order valence-electron chi connectivity index (χ4n) is 2.46. The van der Waals surface area contributed by atoms with Crippen LogP contribution >= 0.6 is 0 Å². The van der Waals surface area contributed by atoms with E-state index in [9.17, 15) is 28.1 Å². The lowest BCUT2D eigenvalue weighted by Crippen LogP contribution is -2.31. The Kier molecular flexibility index (Phi) is 5.33. The van der Waals surface area contributed by atoms with Crippen molar-refractivity contribution in [3.63, 3.8) is 0 Å². The minimum absolute atomic E-state index is 0.196. The number of carbonyl (C=O) groups excluding carboxylic acids is 1. The topological polar surface area (TPSA) is 99.1 Å². The normalized spacial score (nSPS) is 11.6. The maximum Gasteiger partial charge on any atom is 0.442 e. The lowest BCUT2D eigenvalue weighted by Gasteiger charge is -2.18. The fraction of sp³-hybridized carbons (Fsp3) is 0.500. The molecule has 0 bridgehead atoms. The summed E-state index contributed by atoms with van der Waals surface area (Å²) in [5, 5.41) is 18.3. The largest absolute Gasteiger partial charge is 0.442 e. The molecule has 2 rings (SSSR count). The lowest BCUT2D eigenvalue weighted by molar-refractivity contribution is -0.388. The number of alkyl halides is 3. The van der Waals surface area contributed by atoms with Crippen LogP contribution in [0.1, 0.15) is 24.0 Å². The van der Waals surface area contributed by atoms with Crippen molar-refractivity contribution in [1.29, 1.82) is 0 Å². The van der Waals surface area contributed by atoms with Crippen LogP contribution in [-0.2, 0) is 30.6 Å². The van der Waals surface area contributed by atoms with Crippen LogP contribution in [0, 0.1) is 17.0 Å². The zero-order valence-electron chi connectivity index (χ0n) is 14.3.